The third kappa shape index (κ3) is 5.46. The Labute approximate surface area is 222 Å². The van der Waals surface area contributed by atoms with Crippen molar-refractivity contribution in [3.63, 3.8) is 0 Å². The first-order valence-corrected chi connectivity index (χ1v) is 15.7. The van der Waals surface area contributed by atoms with E-state index in [1.165, 1.54) is 55.0 Å². The Morgan fingerprint density at radius 1 is 0.618 bits per heavy atom. The highest BCUT2D eigenvalue weighted by Crippen LogP contribution is 2.47. The van der Waals surface area contributed by atoms with Crippen LogP contribution in [-0.2, 0) is 12.8 Å². The van der Waals surface area contributed by atoms with Crippen molar-refractivity contribution >= 4 is 56.7 Å². The maximum Gasteiger partial charge on any atom is 0.0482 e. The van der Waals surface area contributed by atoms with Gasteiger partial charge in [-0.3, -0.25) is 0 Å². The second kappa shape index (κ2) is 11.9. The minimum atomic E-state index is 0.667. The molecule has 0 atom stereocenters. The van der Waals surface area contributed by atoms with E-state index in [0.717, 1.165) is 12.8 Å². The first-order valence-electron chi connectivity index (χ1n) is 11.5. The van der Waals surface area contributed by atoms with Crippen LogP contribution in [0, 0.1) is 6.92 Å². The average Bonchev–Trinajstić information content (AvgIpc) is 3.65. The summed E-state index contributed by atoms with van der Waals surface area (Å²) >= 11 is 9.33. The Balaban J connectivity index is 0.00000133. The predicted molar refractivity (Wildman–Crippen MR) is 159 cm³/mol. The summed E-state index contributed by atoms with van der Waals surface area (Å²) in [5, 5.41) is 2.14. The van der Waals surface area contributed by atoms with Gasteiger partial charge in [-0.1, -0.05) is 19.9 Å². The Morgan fingerprint density at radius 2 is 1.18 bits per heavy atom. The van der Waals surface area contributed by atoms with Gasteiger partial charge in [-0.25, -0.2) is 0 Å². The number of aryl methyl sites for hydroxylation is 1. The van der Waals surface area contributed by atoms with E-state index in [0.29, 0.717) is 13.1 Å². The van der Waals surface area contributed by atoms with Crippen molar-refractivity contribution in [1.29, 1.82) is 0 Å². The highest BCUT2D eigenvalue weighted by molar-refractivity contribution is 7.29. The quantitative estimate of drug-likeness (QED) is 0.205. The molecule has 5 heterocycles. The lowest BCUT2D eigenvalue weighted by atomic mass is 10.1. The standard InChI is InChI=1S/C25H24N2S5.C2H6/c1-15-4-5-19(29-15)23-14-17(9-11-27)25(32-23)21-7-6-20(30-21)24-16(8-10-26)13-22(31-24)18-3-2-12-28-18;1-2/h2-7,12-14H,8-11,26-27H2,1H3;1-2H3. The fourth-order valence-electron chi connectivity index (χ4n) is 3.77. The van der Waals surface area contributed by atoms with E-state index in [1.54, 1.807) is 11.3 Å². The van der Waals surface area contributed by atoms with E-state index in [4.69, 9.17) is 11.5 Å². The minimum absolute atomic E-state index is 0.667. The molecule has 0 amide bonds. The van der Waals surface area contributed by atoms with E-state index >= 15 is 0 Å². The minimum Gasteiger partial charge on any atom is -0.330 e. The largest absolute Gasteiger partial charge is 0.330 e. The Morgan fingerprint density at radius 3 is 1.65 bits per heavy atom. The molecule has 0 fully saturated rings. The van der Waals surface area contributed by atoms with Crippen LogP contribution in [0.4, 0.5) is 0 Å². The van der Waals surface area contributed by atoms with Gasteiger partial charge in [0.05, 0.1) is 0 Å². The molecular weight excluding hydrogens is 513 g/mol. The van der Waals surface area contributed by atoms with Crippen LogP contribution in [0.3, 0.4) is 0 Å². The molecule has 0 unspecified atom stereocenters. The molecule has 5 rings (SSSR count). The van der Waals surface area contributed by atoms with Gasteiger partial charge >= 0.3 is 0 Å². The first kappa shape index (κ1) is 25.5. The van der Waals surface area contributed by atoms with E-state index in [2.05, 4.69) is 60.8 Å². The summed E-state index contributed by atoms with van der Waals surface area (Å²) in [5.74, 6) is 0. The second-order valence-corrected chi connectivity index (χ2v) is 13.0. The lowest BCUT2D eigenvalue weighted by molar-refractivity contribution is 0.976. The molecule has 0 radical (unpaired) electrons. The van der Waals surface area contributed by atoms with Gasteiger partial charge in [-0.2, -0.15) is 0 Å². The lowest BCUT2D eigenvalue weighted by Crippen LogP contribution is -2.02. The normalized spacial score (nSPS) is 11.0. The third-order valence-electron chi connectivity index (χ3n) is 5.25. The fourth-order valence-corrected chi connectivity index (χ4v) is 9.26. The zero-order chi connectivity index (χ0) is 24.1. The Kier molecular flexibility index (Phi) is 8.93. The van der Waals surface area contributed by atoms with Crippen LogP contribution >= 0.6 is 56.7 Å². The average molecular weight is 543 g/mol. The van der Waals surface area contributed by atoms with Crippen molar-refractivity contribution in [3.05, 3.63) is 69.9 Å². The Hall–Kier alpha value is -1.58. The number of thiophene rings is 5. The highest BCUT2D eigenvalue weighted by atomic mass is 32.1. The summed E-state index contributed by atoms with van der Waals surface area (Å²) in [4.78, 5) is 12.1. The van der Waals surface area contributed by atoms with Gasteiger partial charge in [-0.15, -0.1) is 56.7 Å². The van der Waals surface area contributed by atoms with Gasteiger partial charge in [0.1, 0.15) is 0 Å². The predicted octanol–water partition coefficient (Wildman–Crippen LogP) is 9.00. The monoisotopic (exact) mass is 542 g/mol. The van der Waals surface area contributed by atoms with E-state index < -0.39 is 0 Å². The van der Waals surface area contributed by atoms with Gasteiger partial charge in [0.25, 0.3) is 0 Å². The zero-order valence-corrected chi connectivity index (χ0v) is 23.8. The summed E-state index contributed by atoms with van der Waals surface area (Å²) < 4.78 is 0. The molecule has 0 saturated heterocycles. The van der Waals surface area contributed by atoms with Crippen LogP contribution in [-0.4, -0.2) is 13.1 Å². The van der Waals surface area contributed by atoms with E-state index in [9.17, 15) is 0 Å². The number of rotatable bonds is 8. The topological polar surface area (TPSA) is 52.0 Å². The van der Waals surface area contributed by atoms with Crippen LogP contribution in [0.5, 0.6) is 0 Å². The zero-order valence-electron chi connectivity index (χ0n) is 19.7. The van der Waals surface area contributed by atoms with Crippen molar-refractivity contribution < 1.29 is 0 Å². The van der Waals surface area contributed by atoms with Crippen LogP contribution in [0.2, 0.25) is 0 Å². The molecule has 0 aliphatic heterocycles. The van der Waals surface area contributed by atoms with Crippen molar-refractivity contribution in [2.24, 2.45) is 11.5 Å². The smallest absolute Gasteiger partial charge is 0.0482 e. The maximum absolute atomic E-state index is 5.96. The summed E-state index contributed by atoms with van der Waals surface area (Å²) in [6.07, 6.45) is 1.81. The molecule has 0 aliphatic rings. The van der Waals surface area contributed by atoms with Crippen LogP contribution in [0.25, 0.3) is 39.0 Å². The molecule has 178 valence electrons. The van der Waals surface area contributed by atoms with Gasteiger partial charge in [0.2, 0.25) is 0 Å². The van der Waals surface area contributed by atoms with Gasteiger partial charge < -0.3 is 11.5 Å². The molecule has 5 aromatic heterocycles. The molecule has 0 aromatic carbocycles. The first-order chi connectivity index (χ1) is 16.7. The molecule has 0 spiro atoms. The van der Waals surface area contributed by atoms with E-state index in [1.807, 2.05) is 59.2 Å². The van der Waals surface area contributed by atoms with Crippen molar-refractivity contribution in [3.8, 4) is 39.0 Å². The molecule has 7 heteroatoms. The summed E-state index contributed by atoms with van der Waals surface area (Å²) in [6, 6.07) is 18.0. The van der Waals surface area contributed by atoms with Gasteiger partial charge in [-0.05, 0) is 91.8 Å². The Bertz CT molecular complexity index is 1320. The highest BCUT2D eigenvalue weighted by Gasteiger charge is 2.18. The third-order valence-corrected chi connectivity index (χ3v) is 11.3. The van der Waals surface area contributed by atoms with Crippen molar-refractivity contribution in [2.75, 3.05) is 13.1 Å². The summed E-state index contributed by atoms with van der Waals surface area (Å²) in [5.41, 5.74) is 14.6. The molecule has 0 saturated carbocycles. The molecule has 0 aliphatic carbocycles. The molecule has 0 bridgehead atoms. The molecule has 4 N–H and O–H groups in total. The van der Waals surface area contributed by atoms with Crippen LogP contribution < -0.4 is 11.5 Å². The van der Waals surface area contributed by atoms with Crippen LogP contribution in [0.1, 0.15) is 29.9 Å². The number of hydrogen-bond donors (Lipinski definition) is 2. The van der Waals surface area contributed by atoms with Crippen LogP contribution in [0.15, 0.2) is 53.9 Å². The maximum atomic E-state index is 5.96. The lowest BCUT2D eigenvalue weighted by Gasteiger charge is -2.00. The van der Waals surface area contributed by atoms with Crippen molar-refractivity contribution in [1.82, 2.24) is 0 Å². The molecule has 2 nitrogen and oxygen atoms in total. The fraction of sp³-hybridized carbons (Fsp3) is 0.259. The summed E-state index contributed by atoms with van der Waals surface area (Å²) in [7, 11) is 0. The number of hydrogen-bond acceptors (Lipinski definition) is 7. The SMILES string of the molecule is CC.Cc1ccc(-c2cc(CCN)c(-c3ccc(-c4sc(-c5cccs5)cc4CCN)s3)s2)s1. The number of nitrogens with two attached hydrogens (primary N) is 2. The molecule has 34 heavy (non-hydrogen) atoms. The molecular formula is C27H30N2S5. The van der Waals surface area contributed by atoms with Gasteiger partial charge in [0.15, 0.2) is 0 Å². The van der Waals surface area contributed by atoms with Gasteiger partial charge in [0, 0.05) is 43.9 Å². The van der Waals surface area contributed by atoms with E-state index in [-0.39, 0.29) is 0 Å². The molecule has 5 aromatic rings. The second-order valence-electron chi connectivity index (χ2n) is 7.56. The van der Waals surface area contributed by atoms with Crippen molar-refractivity contribution in [2.45, 2.75) is 33.6 Å². The summed E-state index contributed by atoms with van der Waals surface area (Å²) in [6.45, 7) is 7.50.